The molecule has 1 aromatic rings. The third-order valence-electron chi connectivity index (χ3n) is 4.31. The van der Waals surface area contributed by atoms with Crippen molar-refractivity contribution >= 4 is 18.0 Å². The van der Waals surface area contributed by atoms with Gasteiger partial charge in [-0.3, -0.25) is 4.79 Å². The average molecular weight is 363 g/mol. The Morgan fingerprint density at radius 3 is 2.65 bits per heavy atom. The molecule has 9 nitrogen and oxygen atoms in total. The summed E-state index contributed by atoms with van der Waals surface area (Å²) in [6, 6.07) is 8.24. The lowest BCUT2D eigenvalue weighted by Crippen LogP contribution is -2.59. The molecule has 0 N–H and O–H groups in total. The van der Waals surface area contributed by atoms with Gasteiger partial charge in [0.15, 0.2) is 11.9 Å². The Hall–Kier alpha value is -2.49. The lowest BCUT2D eigenvalue weighted by molar-refractivity contribution is -0.219. The van der Waals surface area contributed by atoms with Crippen molar-refractivity contribution in [3.05, 3.63) is 30.3 Å². The molecular formula is C17H17NO8. The van der Waals surface area contributed by atoms with Crippen molar-refractivity contribution in [3.63, 3.8) is 0 Å². The summed E-state index contributed by atoms with van der Waals surface area (Å²) in [7, 11) is 0. The monoisotopic (exact) mass is 363 g/mol. The summed E-state index contributed by atoms with van der Waals surface area (Å²) in [6.45, 7) is 2.93. The van der Waals surface area contributed by atoms with Gasteiger partial charge in [0.1, 0.15) is 18.4 Å². The Balaban J connectivity index is 1.50. The van der Waals surface area contributed by atoms with E-state index in [1.54, 1.807) is 44.2 Å². The van der Waals surface area contributed by atoms with E-state index in [0.717, 1.165) is 0 Å². The fourth-order valence-electron chi connectivity index (χ4n) is 3.17. The van der Waals surface area contributed by atoms with E-state index >= 15 is 0 Å². The van der Waals surface area contributed by atoms with E-state index in [1.165, 1.54) is 0 Å². The molecule has 26 heavy (non-hydrogen) atoms. The van der Waals surface area contributed by atoms with Gasteiger partial charge in [0.05, 0.1) is 6.61 Å². The molecule has 0 unspecified atom stereocenters. The maximum absolute atomic E-state index is 12.8. The van der Waals surface area contributed by atoms with E-state index in [-0.39, 0.29) is 12.4 Å². The molecule has 2 amide bonds. The first-order valence-electron chi connectivity index (χ1n) is 8.11. The third kappa shape index (κ3) is 2.74. The van der Waals surface area contributed by atoms with Crippen molar-refractivity contribution in [1.29, 1.82) is 0 Å². The molecule has 0 aromatic heterocycles. The Morgan fingerprint density at radius 2 is 1.92 bits per heavy atom. The number of amides is 2. The summed E-state index contributed by atoms with van der Waals surface area (Å²) < 4.78 is 26.9. The second-order valence-corrected chi connectivity index (χ2v) is 6.66. The summed E-state index contributed by atoms with van der Waals surface area (Å²) in [4.78, 5) is 37.9. The van der Waals surface area contributed by atoms with E-state index in [1.807, 2.05) is 0 Å². The summed E-state index contributed by atoms with van der Waals surface area (Å²) >= 11 is 0. The van der Waals surface area contributed by atoms with Crippen LogP contribution < -0.4 is 4.74 Å². The number of ether oxygens (including phenoxy) is 5. The van der Waals surface area contributed by atoms with Crippen molar-refractivity contribution in [1.82, 2.24) is 4.90 Å². The lowest BCUT2D eigenvalue weighted by atomic mass is 9.99. The summed E-state index contributed by atoms with van der Waals surface area (Å²) in [5, 5.41) is 0. The van der Waals surface area contributed by atoms with Crippen molar-refractivity contribution < 1.29 is 38.1 Å². The van der Waals surface area contributed by atoms with Gasteiger partial charge >= 0.3 is 12.2 Å². The summed E-state index contributed by atoms with van der Waals surface area (Å²) in [6.07, 6.45) is -3.50. The number of hydrogen-bond donors (Lipinski definition) is 0. The zero-order valence-electron chi connectivity index (χ0n) is 14.2. The number of hydrogen-bond acceptors (Lipinski definition) is 8. The van der Waals surface area contributed by atoms with Gasteiger partial charge in [-0.1, -0.05) is 18.2 Å². The number of ketones is 1. The van der Waals surface area contributed by atoms with Crippen LogP contribution in [0.5, 0.6) is 5.75 Å². The average Bonchev–Trinajstić information content (AvgIpc) is 3.10. The molecular weight excluding hydrogens is 346 g/mol. The van der Waals surface area contributed by atoms with E-state index in [9.17, 15) is 14.4 Å². The van der Waals surface area contributed by atoms with Crippen LogP contribution in [0.25, 0.3) is 0 Å². The number of rotatable bonds is 1. The molecule has 1 spiro atoms. The normalized spacial score (nSPS) is 32.5. The van der Waals surface area contributed by atoms with Gasteiger partial charge in [-0.05, 0) is 26.0 Å². The highest BCUT2D eigenvalue weighted by Crippen LogP contribution is 2.39. The smallest absolute Gasteiger partial charge is 0.410 e. The van der Waals surface area contributed by atoms with Crippen LogP contribution in [0.15, 0.2) is 30.3 Å². The molecule has 0 bridgehead atoms. The fraction of sp³-hybridized carbons (Fsp3) is 0.471. The fourth-order valence-corrected chi connectivity index (χ4v) is 3.17. The predicted molar refractivity (Wildman–Crippen MR) is 83.2 cm³/mol. The van der Waals surface area contributed by atoms with Gasteiger partial charge in [0.25, 0.3) is 5.79 Å². The molecule has 1 aromatic carbocycles. The second-order valence-electron chi connectivity index (χ2n) is 6.66. The van der Waals surface area contributed by atoms with Crippen LogP contribution in [0.1, 0.15) is 13.8 Å². The number of fused-ring (bicyclic) bond motifs is 1. The maximum Gasteiger partial charge on any atom is 0.425 e. The molecule has 3 fully saturated rings. The first-order valence-corrected chi connectivity index (χ1v) is 8.11. The maximum atomic E-state index is 12.8. The van der Waals surface area contributed by atoms with Gasteiger partial charge in [-0.2, -0.15) is 0 Å². The number of carbonyl (C=O) groups is 3. The van der Waals surface area contributed by atoms with Gasteiger partial charge in [-0.15, -0.1) is 0 Å². The van der Waals surface area contributed by atoms with Crippen LogP contribution in [0.2, 0.25) is 0 Å². The highest BCUT2D eigenvalue weighted by molar-refractivity contribution is 5.99. The van der Waals surface area contributed by atoms with Crippen LogP contribution in [0, 0.1) is 0 Å². The first kappa shape index (κ1) is 17.0. The van der Waals surface area contributed by atoms with Crippen LogP contribution in [0.3, 0.4) is 0 Å². The standard InChI is InChI=1S/C17H17NO8/c1-16(2)24-11-8-22-17(13(19)12(11)25-16)9-18(15(21)26-17)14(20)23-10-6-4-3-5-7-10/h3-7,11-12H,8-9H2,1-2H3/t11-,12-,17+/m1/s1. The second kappa shape index (κ2) is 5.76. The molecule has 3 aliphatic rings. The molecule has 9 heteroatoms. The van der Waals surface area contributed by atoms with Crippen LogP contribution >= 0.6 is 0 Å². The lowest BCUT2D eigenvalue weighted by Gasteiger charge is -2.33. The number of nitrogens with zero attached hydrogens (tertiary/aromatic N) is 1. The van der Waals surface area contributed by atoms with Crippen LogP contribution in [-0.2, 0) is 23.7 Å². The third-order valence-corrected chi connectivity index (χ3v) is 4.31. The Morgan fingerprint density at radius 1 is 1.19 bits per heavy atom. The Kier molecular flexibility index (Phi) is 3.76. The van der Waals surface area contributed by atoms with E-state index < -0.39 is 48.3 Å². The Bertz CT molecular complexity index is 763. The largest absolute Gasteiger partial charge is 0.425 e. The molecule has 0 saturated carbocycles. The van der Waals surface area contributed by atoms with Crippen LogP contribution in [-0.4, -0.2) is 59.8 Å². The minimum absolute atomic E-state index is 0.00527. The molecule has 3 saturated heterocycles. The number of para-hydroxylation sites is 1. The minimum Gasteiger partial charge on any atom is -0.410 e. The zero-order chi connectivity index (χ0) is 18.5. The predicted octanol–water partition coefficient (Wildman–Crippen LogP) is 1.45. The summed E-state index contributed by atoms with van der Waals surface area (Å²) in [5.41, 5.74) is 0. The van der Waals surface area contributed by atoms with Crippen molar-refractivity contribution in [2.24, 2.45) is 0 Å². The van der Waals surface area contributed by atoms with Gasteiger partial charge in [0.2, 0.25) is 5.78 Å². The van der Waals surface area contributed by atoms with Gasteiger partial charge in [-0.25, -0.2) is 14.5 Å². The van der Waals surface area contributed by atoms with E-state index in [4.69, 9.17) is 23.7 Å². The Labute approximate surface area is 148 Å². The minimum atomic E-state index is -1.91. The van der Waals surface area contributed by atoms with E-state index in [2.05, 4.69) is 0 Å². The van der Waals surface area contributed by atoms with E-state index in [0.29, 0.717) is 4.90 Å². The molecule has 0 radical (unpaired) electrons. The molecule has 4 rings (SSSR count). The van der Waals surface area contributed by atoms with Crippen LogP contribution in [0.4, 0.5) is 9.59 Å². The number of imide groups is 1. The van der Waals surface area contributed by atoms with Gasteiger partial charge in [0, 0.05) is 0 Å². The van der Waals surface area contributed by atoms with Crippen molar-refractivity contribution in [3.8, 4) is 5.75 Å². The van der Waals surface area contributed by atoms with Crippen molar-refractivity contribution in [2.75, 3.05) is 13.2 Å². The molecule has 3 aliphatic heterocycles. The number of benzene rings is 1. The summed E-state index contributed by atoms with van der Waals surface area (Å²) in [5.74, 6) is -3.19. The zero-order valence-corrected chi connectivity index (χ0v) is 14.2. The molecule has 3 heterocycles. The quantitative estimate of drug-likeness (QED) is 0.739. The first-order chi connectivity index (χ1) is 12.3. The highest BCUT2D eigenvalue weighted by atomic mass is 16.8. The number of Topliss-reactive ketones (excluding diaryl/α,β-unsaturated/α-hetero) is 1. The van der Waals surface area contributed by atoms with Gasteiger partial charge < -0.3 is 23.7 Å². The molecule has 0 aliphatic carbocycles. The number of carbonyl (C=O) groups excluding carboxylic acids is 3. The van der Waals surface area contributed by atoms with Crippen molar-refractivity contribution in [2.45, 2.75) is 37.6 Å². The topological polar surface area (TPSA) is 101 Å². The highest BCUT2D eigenvalue weighted by Gasteiger charge is 2.64. The molecule has 138 valence electrons. The SMILES string of the molecule is CC1(C)O[C@@H]2CO[C@]3(CN(C(=O)Oc4ccccc4)C(=O)O3)C(=O)[C@@H]2O1. The molecule has 3 atom stereocenters.